The summed E-state index contributed by atoms with van der Waals surface area (Å²) in [7, 11) is 0. The second-order valence-corrected chi connectivity index (χ2v) is 1.93. The maximum atomic E-state index is 12.5. The molecular weight excluding hydrogens is 161 g/mol. The van der Waals surface area contributed by atoms with Crippen LogP contribution in [-0.4, -0.2) is 29.9 Å². The van der Waals surface area contributed by atoms with E-state index >= 15 is 0 Å². The van der Waals surface area contributed by atoms with E-state index in [0.29, 0.717) is 6.07 Å². The normalized spacial score (nSPS) is 8.83. The summed E-state index contributed by atoms with van der Waals surface area (Å²) in [6.45, 7) is 0. The van der Waals surface area contributed by atoms with Crippen LogP contribution < -0.4 is 0 Å². The van der Waals surface area contributed by atoms with Crippen LogP contribution in [0.15, 0.2) is 18.2 Å². The van der Waals surface area contributed by atoms with Crippen LogP contribution in [0.2, 0.25) is 0 Å². The zero-order valence-electron chi connectivity index (χ0n) is 6.34. The number of hydrogen-bond acceptors (Lipinski definition) is 1. The van der Waals surface area contributed by atoms with Crippen LogP contribution in [0, 0.1) is 11.6 Å². The van der Waals surface area contributed by atoms with Gasteiger partial charge in [0.15, 0.2) is 0 Å². The van der Waals surface area contributed by atoms with Crippen molar-refractivity contribution >= 4 is 24.8 Å². The smallest absolute Gasteiger partial charge is 0.338 e. The molecule has 12 heavy (non-hydrogen) atoms. The Morgan fingerprint density at radius 3 is 2.33 bits per heavy atom. The fraction of sp³-hybridized carbons (Fsp3) is 0. The van der Waals surface area contributed by atoms with Gasteiger partial charge >= 0.3 is 5.97 Å². The largest absolute Gasteiger partial charge is 0.478 e. The predicted octanol–water partition coefficient (Wildman–Crippen LogP) is 1.28. The van der Waals surface area contributed by atoms with Gasteiger partial charge in [0.05, 0.1) is 5.56 Å². The van der Waals surface area contributed by atoms with Crippen LogP contribution in [0.3, 0.4) is 0 Å². The molecule has 0 unspecified atom stereocenters. The van der Waals surface area contributed by atoms with Crippen molar-refractivity contribution in [2.45, 2.75) is 0 Å². The molecule has 0 atom stereocenters. The molecule has 0 aliphatic heterocycles. The maximum absolute atomic E-state index is 12.5. The fourth-order valence-electron chi connectivity index (χ4n) is 0.663. The number of carboxylic acids is 1. The van der Waals surface area contributed by atoms with Gasteiger partial charge in [-0.25, -0.2) is 13.6 Å². The van der Waals surface area contributed by atoms with Gasteiger partial charge in [-0.15, -0.1) is 0 Å². The monoisotopic (exact) mass is 165 g/mol. The molecule has 0 spiro atoms. The Kier molecular flexibility index (Phi) is 3.94. The summed E-state index contributed by atoms with van der Waals surface area (Å²) in [5.41, 5.74) is -0.522. The van der Waals surface area contributed by atoms with Gasteiger partial charge < -0.3 is 5.11 Å². The quantitative estimate of drug-likeness (QED) is 0.636. The molecule has 59 valence electrons. The Balaban J connectivity index is 0.00000121. The molecule has 2 nitrogen and oxygen atoms in total. The Hall–Kier alpha value is -0.853. The summed E-state index contributed by atoms with van der Waals surface area (Å²) in [6, 6.07) is 2.31. The first-order valence-electron chi connectivity index (χ1n) is 2.79. The van der Waals surface area contributed by atoms with Crippen LogP contribution in [0.25, 0.3) is 0 Å². The van der Waals surface area contributed by atoms with E-state index in [1.54, 1.807) is 0 Å². The van der Waals surface area contributed by atoms with Gasteiger partial charge in [-0.1, -0.05) is 0 Å². The summed E-state index contributed by atoms with van der Waals surface area (Å²) in [6.07, 6.45) is 0. The standard InChI is InChI=1S/C7H4F2O2.Li/c8-4-1-2-5(7(10)11)6(9)3-4;/h1-3H,(H,10,11);. The van der Waals surface area contributed by atoms with E-state index in [4.69, 9.17) is 5.11 Å². The molecular formula is C7H4F2LiO2. The Morgan fingerprint density at radius 1 is 1.33 bits per heavy atom. The van der Waals surface area contributed by atoms with Crippen LogP contribution >= 0.6 is 0 Å². The third-order valence-corrected chi connectivity index (χ3v) is 1.16. The molecule has 0 amide bonds. The third-order valence-electron chi connectivity index (χ3n) is 1.16. The molecule has 0 aliphatic rings. The number of halogens is 2. The van der Waals surface area contributed by atoms with Crippen LogP contribution in [0.4, 0.5) is 8.78 Å². The Morgan fingerprint density at radius 2 is 1.92 bits per heavy atom. The summed E-state index contributed by atoms with van der Waals surface area (Å²) in [5, 5.41) is 8.29. The molecule has 0 bridgehead atoms. The maximum Gasteiger partial charge on any atom is 0.338 e. The third kappa shape index (κ3) is 2.33. The number of carboxylic acid groups (broad SMARTS) is 1. The fourth-order valence-corrected chi connectivity index (χ4v) is 0.663. The van der Waals surface area contributed by atoms with Crippen molar-refractivity contribution in [3.05, 3.63) is 35.4 Å². The van der Waals surface area contributed by atoms with E-state index in [1.165, 1.54) is 0 Å². The first-order chi connectivity index (χ1) is 5.11. The minimum atomic E-state index is -1.40. The molecule has 1 aromatic rings. The molecule has 0 aromatic heterocycles. The van der Waals surface area contributed by atoms with E-state index in [1.807, 2.05) is 0 Å². The number of carbonyl (C=O) groups is 1. The Bertz CT molecular complexity index is 301. The molecule has 0 saturated carbocycles. The molecule has 1 radical (unpaired) electrons. The second kappa shape index (κ2) is 4.24. The van der Waals surface area contributed by atoms with E-state index in [9.17, 15) is 13.6 Å². The van der Waals surface area contributed by atoms with Gasteiger partial charge in [0.1, 0.15) is 11.6 Å². The van der Waals surface area contributed by atoms with Gasteiger partial charge in [0, 0.05) is 24.9 Å². The van der Waals surface area contributed by atoms with E-state index in [2.05, 4.69) is 0 Å². The molecule has 0 aliphatic carbocycles. The molecule has 1 aromatic carbocycles. The van der Waals surface area contributed by atoms with Crippen LogP contribution in [0.5, 0.6) is 0 Å². The van der Waals surface area contributed by atoms with Crippen molar-refractivity contribution < 1.29 is 18.7 Å². The number of rotatable bonds is 1. The van der Waals surface area contributed by atoms with Crippen molar-refractivity contribution in [3.63, 3.8) is 0 Å². The van der Waals surface area contributed by atoms with Crippen molar-refractivity contribution in [2.24, 2.45) is 0 Å². The van der Waals surface area contributed by atoms with Gasteiger partial charge in [-0.05, 0) is 12.1 Å². The molecule has 0 fully saturated rings. The number of aromatic carboxylic acids is 1. The van der Waals surface area contributed by atoms with E-state index in [0.717, 1.165) is 12.1 Å². The van der Waals surface area contributed by atoms with Crippen molar-refractivity contribution in [3.8, 4) is 0 Å². The van der Waals surface area contributed by atoms with Gasteiger partial charge in [-0.2, -0.15) is 0 Å². The van der Waals surface area contributed by atoms with Gasteiger partial charge in [0.2, 0.25) is 0 Å². The van der Waals surface area contributed by atoms with Crippen LogP contribution in [0.1, 0.15) is 10.4 Å². The summed E-state index contributed by atoms with van der Waals surface area (Å²) in [4.78, 5) is 10.2. The van der Waals surface area contributed by atoms with Crippen molar-refractivity contribution in [1.29, 1.82) is 0 Å². The average molecular weight is 165 g/mol. The summed E-state index contributed by atoms with van der Waals surface area (Å²) >= 11 is 0. The predicted molar refractivity (Wildman–Crippen MR) is 39.1 cm³/mol. The Labute approximate surface area is 79.4 Å². The summed E-state index contributed by atoms with van der Waals surface area (Å²) < 4.78 is 24.7. The summed E-state index contributed by atoms with van der Waals surface area (Å²) in [5.74, 6) is -3.24. The topological polar surface area (TPSA) is 37.3 Å². The minimum absolute atomic E-state index is 0. The molecule has 5 heteroatoms. The SMILES string of the molecule is O=C(O)c1ccc(F)cc1F.[Li]. The van der Waals surface area contributed by atoms with E-state index < -0.39 is 23.2 Å². The van der Waals surface area contributed by atoms with Crippen molar-refractivity contribution in [2.75, 3.05) is 0 Å². The molecule has 0 heterocycles. The molecule has 0 saturated heterocycles. The molecule has 1 N–H and O–H groups in total. The van der Waals surface area contributed by atoms with Gasteiger partial charge in [-0.3, -0.25) is 0 Å². The second-order valence-electron chi connectivity index (χ2n) is 1.93. The average Bonchev–Trinajstić information content (AvgIpc) is 1.85. The first-order valence-corrected chi connectivity index (χ1v) is 2.79. The number of benzene rings is 1. The zero-order valence-corrected chi connectivity index (χ0v) is 6.34. The molecule has 1 rings (SSSR count). The number of hydrogen-bond donors (Lipinski definition) is 1. The first kappa shape index (κ1) is 11.1. The van der Waals surface area contributed by atoms with Gasteiger partial charge in [0.25, 0.3) is 0 Å². The van der Waals surface area contributed by atoms with Crippen molar-refractivity contribution in [1.82, 2.24) is 0 Å². The van der Waals surface area contributed by atoms with Crippen LogP contribution in [-0.2, 0) is 0 Å². The minimum Gasteiger partial charge on any atom is -0.478 e. The van der Waals surface area contributed by atoms with E-state index in [-0.39, 0.29) is 18.9 Å². The zero-order chi connectivity index (χ0) is 8.43.